The number of aryl methyl sites for hydroxylation is 1. The molecule has 0 saturated heterocycles. The molecule has 0 bridgehead atoms. The number of benzene rings is 1. The molecule has 0 radical (unpaired) electrons. The zero-order valence-electron chi connectivity index (χ0n) is 9.25. The molecule has 0 unspecified atom stereocenters. The van der Waals surface area contributed by atoms with E-state index in [0.29, 0.717) is 14.9 Å². The van der Waals surface area contributed by atoms with Crippen LogP contribution in [0.5, 0.6) is 0 Å². The van der Waals surface area contributed by atoms with Crippen molar-refractivity contribution in [1.29, 1.82) is 0 Å². The summed E-state index contributed by atoms with van der Waals surface area (Å²) in [6, 6.07) is 5.38. The maximum atomic E-state index is 11.4. The van der Waals surface area contributed by atoms with Gasteiger partial charge in [-0.05, 0) is 13.0 Å². The molecule has 5 heteroatoms. The summed E-state index contributed by atoms with van der Waals surface area (Å²) in [5.74, 6) is 0.0180. The zero-order chi connectivity index (χ0) is 12.6. The molecule has 0 spiro atoms. The molecule has 0 fully saturated rings. The lowest BCUT2D eigenvalue weighted by molar-refractivity contribution is 0.102. The third kappa shape index (κ3) is 2.37. The highest BCUT2D eigenvalue weighted by molar-refractivity contribution is 7.17. The van der Waals surface area contributed by atoms with Crippen molar-refractivity contribution >= 4 is 40.3 Å². The highest BCUT2D eigenvalue weighted by Crippen LogP contribution is 2.36. The van der Waals surface area contributed by atoms with Gasteiger partial charge < -0.3 is 0 Å². The Morgan fingerprint density at radius 2 is 2.06 bits per heavy atom. The number of carbonyl (C=O) groups excluding carboxylic acids is 1. The predicted octanol–water partition coefficient (Wildman–Crippen LogP) is 4.63. The number of carbonyl (C=O) groups is 1. The van der Waals surface area contributed by atoms with Crippen molar-refractivity contribution in [3.63, 3.8) is 0 Å². The molecule has 0 atom stereocenters. The molecule has 0 N–H and O–H groups in total. The maximum Gasteiger partial charge on any atom is 0.171 e. The molecule has 2 nitrogen and oxygen atoms in total. The molecule has 1 aromatic heterocycles. The lowest BCUT2D eigenvalue weighted by Crippen LogP contribution is -1.89. The van der Waals surface area contributed by atoms with Crippen molar-refractivity contribution in [3.8, 4) is 10.6 Å². The van der Waals surface area contributed by atoms with Crippen LogP contribution in [-0.2, 0) is 0 Å². The Kier molecular flexibility index (Phi) is 3.52. The van der Waals surface area contributed by atoms with Gasteiger partial charge >= 0.3 is 0 Å². The Balaban J connectivity index is 2.58. The van der Waals surface area contributed by atoms with Gasteiger partial charge in [-0.2, -0.15) is 0 Å². The summed E-state index contributed by atoms with van der Waals surface area (Å²) in [4.78, 5) is 16.4. The molecule has 0 saturated carbocycles. The average molecular weight is 286 g/mol. The van der Waals surface area contributed by atoms with Crippen LogP contribution in [0.1, 0.15) is 22.3 Å². The van der Waals surface area contributed by atoms with Crippen molar-refractivity contribution in [2.24, 2.45) is 0 Å². The zero-order valence-corrected chi connectivity index (χ0v) is 11.6. The molecule has 0 aliphatic rings. The summed E-state index contributed by atoms with van der Waals surface area (Å²) < 4.78 is 0. The number of rotatable bonds is 2. The molecule has 2 aromatic rings. The molecule has 88 valence electrons. The van der Waals surface area contributed by atoms with E-state index in [-0.39, 0.29) is 5.78 Å². The number of halogens is 2. The highest BCUT2D eigenvalue weighted by Gasteiger charge is 2.15. The number of thiazole rings is 1. The van der Waals surface area contributed by atoms with Crippen molar-refractivity contribution in [1.82, 2.24) is 4.98 Å². The lowest BCUT2D eigenvalue weighted by Gasteiger charge is -2.01. The fraction of sp³-hybridized carbons (Fsp3) is 0.167. The molecule has 1 aromatic carbocycles. The number of nitrogens with zero attached hydrogens (tertiary/aromatic N) is 1. The van der Waals surface area contributed by atoms with Gasteiger partial charge in [-0.15, -0.1) is 11.3 Å². The Labute approximate surface area is 113 Å². The van der Waals surface area contributed by atoms with Gasteiger partial charge in [0.2, 0.25) is 0 Å². The van der Waals surface area contributed by atoms with Gasteiger partial charge in [0.15, 0.2) is 5.78 Å². The quantitative estimate of drug-likeness (QED) is 0.753. The summed E-state index contributed by atoms with van der Waals surface area (Å²) in [6.07, 6.45) is 0. The smallest absolute Gasteiger partial charge is 0.171 e. The maximum absolute atomic E-state index is 11.4. The first kappa shape index (κ1) is 12.6. The van der Waals surface area contributed by atoms with E-state index in [1.54, 1.807) is 6.07 Å². The minimum Gasteiger partial charge on any atom is -0.294 e. The van der Waals surface area contributed by atoms with Crippen molar-refractivity contribution in [2.75, 3.05) is 0 Å². The molecule has 0 amide bonds. The summed E-state index contributed by atoms with van der Waals surface area (Å²) >= 11 is 13.4. The van der Waals surface area contributed by atoms with Crippen molar-refractivity contribution in [2.45, 2.75) is 13.8 Å². The number of hydrogen-bond donors (Lipinski definition) is 0. The fourth-order valence-electron chi connectivity index (χ4n) is 1.51. The minimum atomic E-state index is 0.0180. The van der Waals surface area contributed by atoms with Crippen LogP contribution in [0, 0.1) is 6.92 Å². The van der Waals surface area contributed by atoms with Gasteiger partial charge in [0.25, 0.3) is 0 Å². The van der Waals surface area contributed by atoms with Gasteiger partial charge in [-0.25, -0.2) is 4.98 Å². The number of hydrogen-bond acceptors (Lipinski definition) is 3. The summed E-state index contributed by atoms with van der Waals surface area (Å²) in [7, 11) is 0. The minimum absolute atomic E-state index is 0.0180. The molecule has 1 heterocycles. The van der Waals surface area contributed by atoms with E-state index in [9.17, 15) is 4.79 Å². The SMILES string of the molecule is CC(=O)c1sc(-c2cccc(Cl)c2Cl)nc1C. The predicted molar refractivity (Wildman–Crippen MR) is 72.3 cm³/mol. The van der Waals surface area contributed by atoms with Crippen LogP contribution in [0.3, 0.4) is 0 Å². The van der Waals surface area contributed by atoms with E-state index < -0.39 is 0 Å². The van der Waals surface area contributed by atoms with E-state index in [2.05, 4.69) is 4.98 Å². The van der Waals surface area contributed by atoms with Gasteiger partial charge in [0.1, 0.15) is 5.01 Å². The molecule has 0 aliphatic carbocycles. The first-order valence-corrected chi connectivity index (χ1v) is 6.50. The summed E-state index contributed by atoms with van der Waals surface area (Å²) in [6.45, 7) is 3.35. The third-order valence-corrected chi connectivity index (χ3v) is 4.41. The first-order chi connectivity index (χ1) is 8.00. The van der Waals surface area contributed by atoms with E-state index in [4.69, 9.17) is 23.2 Å². The van der Waals surface area contributed by atoms with Gasteiger partial charge in [0.05, 0.1) is 20.6 Å². The first-order valence-electron chi connectivity index (χ1n) is 4.93. The van der Waals surface area contributed by atoms with Crippen LogP contribution in [0.15, 0.2) is 18.2 Å². The van der Waals surface area contributed by atoms with E-state index in [0.717, 1.165) is 16.3 Å². The van der Waals surface area contributed by atoms with E-state index in [1.807, 2.05) is 19.1 Å². The largest absolute Gasteiger partial charge is 0.294 e. The second kappa shape index (κ2) is 4.77. The summed E-state index contributed by atoms with van der Waals surface area (Å²) in [5.41, 5.74) is 1.49. The molecule has 17 heavy (non-hydrogen) atoms. The van der Waals surface area contributed by atoms with Crippen LogP contribution >= 0.6 is 34.5 Å². The van der Waals surface area contributed by atoms with Gasteiger partial charge in [-0.3, -0.25) is 4.79 Å². The molecular formula is C12H9Cl2NOS. The molecular weight excluding hydrogens is 277 g/mol. The van der Waals surface area contributed by atoms with Crippen LogP contribution in [0.25, 0.3) is 10.6 Å². The molecule has 2 rings (SSSR count). The standard InChI is InChI=1S/C12H9Cl2NOS/c1-6-11(7(2)16)17-12(15-6)8-4-3-5-9(13)10(8)14/h3-5H,1-2H3. The Bertz CT molecular complexity index is 592. The average Bonchev–Trinajstić information content (AvgIpc) is 2.64. The second-order valence-corrected chi connectivity index (χ2v) is 5.38. The van der Waals surface area contributed by atoms with Gasteiger partial charge in [0, 0.05) is 12.5 Å². The van der Waals surface area contributed by atoms with Gasteiger partial charge in [-0.1, -0.05) is 35.3 Å². The van der Waals surface area contributed by atoms with Crippen LogP contribution in [0.4, 0.5) is 0 Å². The Hall–Kier alpha value is -0.900. The van der Waals surface area contributed by atoms with Crippen LogP contribution in [-0.4, -0.2) is 10.8 Å². The second-order valence-electron chi connectivity index (χ2n) is 3.59. The third-order valence-electron chi connectivity index (χ3n) is 2.30. The lowest BCUT2D eigenvalue weighted by atomic mass is 10.2. The van der Waals surface area contributed by atoms with Crippen LogP contribution < -0.4 is 0 Å². The normalized spacial score (nSPS) is 10.6. The number of Topliss-reactive ketones (excluding diaryl/α,β-unsaturated/α-hetero) is 1. The summed E-state index contributed by atoms with van der Waals surface area (Å²) in [5, 5.41) is 1.68. The van der Waals surface area contributed by atoms with Crippen molar-refractivity contribution in [3.05, 3.63) is 38.8 Å². The van der Waals surface area contributed by atoms with Crippen LogP contribution in [0.2, 0.25) is 10.0 Å². The fourth-order valence-corrected chi connectivity index (χ4v) is 2.95. The molecule has 0 aliphatic heterocycles. The van der Waals surface area contributed by atoms with E-state index in [1.165, 1.54) is 18.3 Å². The highest BCUT2D eigenvalue weighted by atomic mass is 35.5. The Morgan fingerprint density at radius 1 is 1.35 bits per heavy atom. The van der Waals surface area contributed by atoms with E-state index >= 15 is 0 Å². The Morgan fingerprint density at radius 3 is 2.65 bits per heavy atom. The number of ketones is 1. The number of aromatic nitrogens is 1. The topological polar surface area (TPSA) is 30.0 Å². The van der Waals surface area contributed by atoms with Crippen molar-refractivity contribution < 1.29 is 4.79 Å². The monoisotopic (exact) mass is 285 g/mol.